The molecule has 60 heavy (non-hydrogen) atoms. The molecule has 0 fully saturated rings. The molecule has 0 atom stereocenters. The fourth-order valence-electron chi connectivity index (χ4n) is 5.50. The molecule has 0 spiro atoms. The van der Waals surface area contributed by atoms with Crippen LogP contribution in [-0.2, 0) is 0 Å². The Morgan fingerprint density at radius 3 is 1.53 bits per heavy atom. The van der Waals surface area contributed by atoms with E-state index in [9.17, 15) is 14.4 Å². The minimum absolute atomic E-state index is 0.109. The lowest BCUT2D eigenvalue weighted by Crippen LogP contribution is -2.21. The molecule has 0 saturated heterocycles. The molecule has 19 heteroatoms. The highest BCUT2D eigenvalue weighted by Crippen LogP contribution is 2.31. The normalized spacial score (nSPS) is 10.1. The van der Waals surface area contributed by atoms with Gasteiger partial charge in [-0.1, -0.05) is 44.2 Å². The van der Waals surface area contributed by atoms with Crippen molar-refractivity contribution < 1.29 is 14.4 Å². The number of pyridine rings is 2. The van der Waals surface area contributed by atoms with E-state index in [0.29, 0.717) is 57.3 Å². The van der Waals surface area contributed by atoms with E-state index >= 15 is 0 Å². The van der Waals surface area contributed by atoms with E-state index in [-0.39, 0.29) is 17.3 Å². The van der Waals surface area contributed by atoms with Crippen molar-refractivity contribution in [1.29, 1.82) is 0 Å². The summed E-state index contributed by atoms with van der Waals surface area (Å²) in [4.78, 5) is 48.7. The lowest BCUT2D eigenvalue weighted by atomic mass is 10.1. The molecule has 7 rings (SSSR count). The molecule has 0 unspecified atom stereocenters. The molecule has 0 aliphatic carbocycles. The first kappa shape index (κ1) is 42.8. The van der Waals surface area contributed by atoms with Crippen LogP contribution in [0.3, 0.4) is 0 Å². The summed E-state index contributed by atoms with van der Waals surface area (Å²) < 4.78 is 0. The summed E-state index contributed by atoms with van der Waals surface area (Å²) in [6, 6.07) is 25.1. The fraction of sp³-hybridized carbons (Fsp3) is 0.146. The Morgan fingerprint density at radius 1 is 0.567 bits per heavy atom. The number of carbonyl (C=O) groups is 3. The van der Waals surface area contributed by atoms with Crippen LogP contribution in [0.15, 0.2) is 104 Å². The Balaban J connectivity index is 0.000000219. The van der Waals surface area contributed by atoms with Gasteiger partial charge in [0.25, 0.3) is 11.8 Å². The van der Waals surface area contributed by atoms with Gasteiger partial charge in [0.15, 0.2) is 28.8 Å². The summed E-state index contributed by atoms with van der Waals surface area (Å²) in [5.41, 5.74) is 10.9. The van der Waals surface area contributed by atoms with Crippen LogP contribution in [0.25, 0.3) is 11.4 Å². The van der Waals surface area contributed by atoms with Gasteiger partial charge < -0.3 is 37.6 Å². The van der Waals surface area contributed by atoms with Crippen LogP contribution in [-0.4, -0.2) is 77.4 Å². The van der Waals surface area contributed by atoms with Gasteiger partial charge in [0.1, 0.15) is 18.0 Å². The van der Waals surface area contributed by atoms with E-state index in [0.717, 1.165) is 16.8 Å². The summed E-state index contributed by atoms with van der Waals surface area (Å²) in [5.74, 6) is 1.44. The summed E-state index contributed by atoms with van der Waals surface area (Å²) in [5, 5.41) is 40.7. The van der Waals surface area contributed by atoms with Gasteiger partial charge in [-0.2, -0.15) is 5.10 Å². The molecule has 3 amide bonds. The highest BCUT2D eigenvalue weighted by atomic mass is 16.2. The van der Waals surface area contributed by atoms with Gasteiger partial charge in [0.05, 0.1) is 11.4 Å². The molecule has 306 valence electrons. The third kappa shape index (κ3) is 10.7. The van der Waals surface area contributed by atoms with E-state index in [4.69, 9.17) is 5.73 Å². The maximum atomic E-state index is 12.3. The van der Waals surface area contributed by atoms with Crippen molar-refractivity contribution in [2.75, 3.05) is 35.4 Å². The number of nitrogens with zero attached hydrogens (tertiary/aromatic N) is 8. The van der Waals surface area contributed by atoms with Crippen LogP contribution in [0.4, 0.5) is 46.0 Å². The number of aromatic amines is 1. The van der Waals surface area contributed by atoms with Crippen molar-refractivity contribution in [3.05, 3.63) is 132 Å². The fourth-order valence-corrected chi connectivity index (χ4v) is 5.50. The molecule has 0 bridgehead atoms. The molecule has 0 aliphatic heterocycles. The predicted octanol–water partition coefficient (Wildman–Crippen LogP) is 5.96. The third-order valence-corrected chi connectivity index (χ3v) is 8.46. The average molecular weight is 809 g/mol. The molecule has 2 aromatic carbocycles. The van der Waals surface area contributed by atoms with Gasteiger partial charge in [-0.15, -0.1) is 20.4 Å². The Morgan fingerprint density at radius 2 is 1.08 bits per heavy atom. The average Bonchev–Trinajstić information content (AvgIpc) is 3.82. The minimum Gasteiger partial charge on any atom is -0.366 e. The molecule has 19 nitrogen and oxygen atoms in total. The van der Waals surface area contributed by atoms with E-state index in [1.165, 1.54) is 13.4 Å². The second kappa shape index (κ2) is 20.7. The Kier molecular flexibility index (Phi) is 14.8. The van der Waals surface area contributed by atoms with Crippen molar-refractivity contribution in [3.8, 4) is 11.4 Å². The summed E-state index contributed by atoms with van der Waals surface area (Å²) >= 11 is 0. The van der Waals surface area contributed by atoms with Gasteiger partial charge >= 0.3 is 0 Å². The topological polar surface area (TPSA) is 268 Å². The first-order valence-corrected chi connectivity index (χ1v) is 18.6. The highest BCUT2D eigenvalue weighted by molar-refractivity contribution is 6.00. The van der Waals surface area contributed by atoms with Crippen molar-refractivity contribution in [3.63, 3.8) is 0 Å². The Hall–Kier alpha value is -8.35. The molecule has 5 heterocycles. The number of primary amides is 1. The number of hydrogen-bond acceptors (Lipinski definition) is 15. The standard InChI is InChI=1S/C20H19N9O.C19H19N7O2.C2H6/c1-12-13(19-23-11-24-29-19)6-5-7-14(12)25-15-10-17(26-16-8-3-4-9-22-16)27-28-18(15)20(30)21-2;1-11-12(18(20)27)6-5-7-13(11)23-14-10-16(24-15-8-3-4-9-22-15)25-26-17(14)19(28)21-2;1-2/h3-11H,1-2H3,(H,21,30)(H,23,24,29)(H2,22,25,26,27);3-10H,1-2H3,(H2,20,27)(H,21,28)(H2,22,23,24,25);1-2H3. The number of aromatic nitrogens is 9. The number of rotatable bonds is 12. The number of benzene rings is 2. The zero-order valence-electron chi connectivity index (χ0n) is 33.7. The Labute approximate surface area is 345 Å². The maximum absolute atomic E-state index is 12.3. The molecular weight excluding hydrogens is 765 g/mol. The third-order valence-electron chi connectivity index (χ3n) is 8.46. The van der Waals surface area contributed by atoms with Crippen molar-refractivity contribution >= 4 is 63.7 Å². The van der Waals surface area contributed by atoms with E-state index in [1.807, 2.05) is 63.2 Å². The number of nitrogens with two attached hydrogens (primary N) is 1. The number of anilines is 8. The quantitative estimate of drug-likeness (QED) is 0.0707. The van der Waals surface area contributed by atoms with Gasteiger partial charge in [-0.3, -0.25) is 19.5 Å². The van der Waals surface area contributed by atoms with Crippen molar-refractivity contribution in [1.82, 2.24) is 56.2 Å². The molecule has 5 aromatic heterocycles. The van der Waals surface area contributed by atoms with Gasteiger partial charge in [0.2, 0.25) is 5.91 Å². The second-order valence-corrected chi connectivity index (χ2v) is 12.2. The lowest BCUT2D eigenvalue weighted by Gasteiger charge is -2.15. The van der Waals surface area contributed by atoms with Gasteiger partial charge in [0, 0.05) is 61.1 Å². The van der Waals surface area contributed by atoms with E-state index in [2.05, 4.69) is 77.4 Å². The number of nitrogens with one attached hydrogen (secondary N) is 7. The van der Waals surface area contributed by atoms with Crippen LogP contribution in [0.1, 0.15) is 56.3 Å². The zero-order valence-corrected chi connectivity index (χ0v) is 33.7. The van der Waals surface area contributed by atoms with Crippen molar-refractivity contribution in [2.45, 2.75) is 27.7 Å². The summed E-state index contributed by atoms with van der Waals surface area (Å²) in [7, 11) is 3.05. The SMILES string of the molecule is CC.CNC(=O)c1nnc(Nc2ccccn2)cc1Nc1cccc(-c2ncn[nH]2)c1C.CNC(=O)c1nnc(Nc2ccccn2)cc1Nc1cccc(C(N)=O)c1C. The van der Waals surface area contributed by atoms with Crippen LogP contribution in [0.5, 0.6) is 0 Å². The number of hydrogen-bond donors (Lipinski definition) is 8. The molecule has 0 radical (unpaired) electrons. The van der Waals surface area contributed by atoms with E-state index in [1.54, 1.807) is 68.8 Å². The van der Waals surface area contributed by atoms with Gasteiger partial charge in [-0.05, 0) is 67.4 Å². The van der Waals surface area contributed by atoms with Crippen LogP contribution < -0.4 is 37.6 Å². The first-order chi connectivity index (χ1) is 29.1. The first-order valence-electron chi connectivity index (χ1n) is 18.6. The number of carbonyl (C=O) groups excluding carboxylic acids is 3. The van der Waals surface area contributed by atoms with Crippen LogP contribution >= 0.6 is 0 Å². The highest BCUT2D eigenvalue weighted by Gasteiger charge is 2.18. The second-order valence-electron chi connectivity index (χ2n) is 12.2. The monoisotopic (exact) mass is 808 g/mol. The van der Waals surface area contributed by atoms with Crippen LogP contribution in [0, 0.1) is 13.8 Å². The van der Waals surface area contributed by atoms with E-state index < -0.39 is 11.8 Å². The van der Waals surface area contributed by atoms with Crippen molar-refractivity contribution in [2.24, 2.45) is 5.73 Å². The van der Waals surface area contributed by atoms with Gasteiger partial charge in [-0.25, -0.2) is 15.0 Å². The summed E-state index contributed by atoms with van der Waals surface area (Å²) in [6.07, 6.45) is 4.78. The molecule has 0 aliphatic rings. The molecule has 0 saturated carbocycles. The zero-order chi connectivity index (χ0) is 43.0. The minimum atomic E-state index is -0.530. The molecule has 9 N–H and O–H groups in total. The number of H-pyrrole nitrogens is 1. The summed E-state index contributed by atoms with van der Waals surface area (Å²) in [6.45, 7) is 7.73. The largest absolute Gasteiger partial charge is 0.366 e. The maximum Gasteiger partial charge on any atom is 0.273 e. The van der Waals surface area contributed by atoms with Crippen LogP contribution in [0.2, 0.25) is 0 Å². The number of amides is 3. The smallest absolute Gasteiger partial charge is 0.273 e. The predicted molar refractivity (Wildman–Crippen MR) is 230 cm³/mol. The molecule has 7 aromatic rings. The lowest BCUT2D eigenvalue weighted by molar-refractivity contribution is 0.0950. The molecular formula is C41H44N16O3. The Bertz CT molecular complexity index is 2540.